The van der Waals surface area contributed by atoms with E-state index in [0.717, 1.165) is 0 Å². The fourth-order valence-corrected chi connectivity index (χ4v) is 4.59. The molecule has 2 rings (SSSR count). The molecule has 1 fully saturated rings. The summed E-state index contributed by atoms with van der Waals surface area (Å²) in [6, 6.07) is 6.85. The van der Waals surface area contributed by atoms with Gasteiger partial charge in [0.15, 0.2) is 0 Å². The van der Waals surface area contributed by atoms with Crippen LogP contribution in [-0.2, 0) is 19.6 Å². The van der Waals surface area contributed by atoms with E-state index in [9.17, 15) is 18.0 Å². The number of terminal acetylenes is 1. The number of hydrogen-bond acceptors (Lipinski definition) is 4. The normalized spacial score (nSPS) is 17.7. The van der Waals surface area contributed by atoms with Crippen LogP contribution in [0.25, 0.3) is 0 Å². The number of rotatable bonds is 7. The Kier molecular flexibility index (Phi) is 7.39. The largest absolute Gasteiger partial charge is 0.347 e. The number of carbonyl (C=O) groups is 2. The van der Waals surface area contributed by atoms with Crippen molar-refractivity contribution in [1.82, 2.24) is 9.62 Å². The van der Waals surface area contributed by atoms with Gasteiger partial charge in [-0.1, -0.05) is 18.9 Å². The maximum Gasteiger partial charge on any atom is 0.243 e. The second-order valence-electron chi connectivity index (χ2n) is 6.50. The molecule has 1 atom stereocenters. The van der Waals surface area contributed by atoms with Crippen LogP contribution in [-0.4, -0.2) is 49.9 Å². The second kappa shape index (κ2) is 9.53. The fourth-order valence-electron chi connectivity index (χ4n) is 3.00. The van der Waals surface area contributed by atoms with Gasteiger partial charge >= 0.3 is 0 Å². The molecule has 0 radical (unpaired) electrons. The molecule has 0 spiro atoms. The first kappa shape index (κ1) is 20.9. The molecule has 0 aromatic heterocycles. The first-order valence-corrected chi connectivity index (χ1v) is 10.6. The number of sulfonamides is 1. The molecule has 27 heavy (non-hydrogen) atoms. The monoisotopic (exact) mass is 391 g/mol. The molecule has 1 saturated heterocycles. The van der Waals surface area contributed by atoms with Gasteiger partial charge in [0.25, 0.3) is 0 Å². The molecule has 1 aromatic carbocycles. The molecule has 0 aliphatic carbocycles. The van der Waals surface area contributed by atoms with Crippen LogP contribution in [0, 0.1) is 18.3 Å². The van der Waals surface area contributed by atoms with Crippen LogP contribution < -0.4 is 10.6 Å². The molecule has 2 amide bonds. The first-order chi connectivity index (χ1) is 12.9. The van der Waals surface area contributed by atoms with Crippen molar-refractivity contribution in [3.63, 3.8) is 0 Å². The van der Waals surface area contributed by atoms with E-state index in [1.54, 1.807) is 24.3 Å². The molecule has 146 valence electrons. The molecular weight excluding hydrogens is 366 g/mol. The van der Waals surface area contributed by atoms with Gasteiger partial charge in [0.05, 0.1) is 18.2 Å². The van der Waals surface area contributed by atoms with Gasteiger partial charge in [-0.2, -0.15) is 0 Å². The van der Waals surface area contributed by atoms with Crippen LogP contribution in [0.1, 0.15) is 31.7 Å². The predicted octanol–water partition coefficient (Wildman–Crippen LogP) is 1.17. The Morgan fingerprint density at radius 2 is 2.15 bits per heavy atom. The highest BCUT2D eigenvalue weighted by Crippen LogP contribution is 2.20. The van der Waals surface area contributed by atoms with Crippen molar-refractivity contribution >= 4 is 27.5 Å². The lowest BCUT2D eigenvalue weighted by Crippen LogP contribution is -2.47. The second-order valence-corrected chi connectivity index (χ2v) is 8.59. The lowest BCUT2D eigenvalue weighted by atomic mass is 9.99. The van der Waals surface area contributed by atoms with Gasteiger partial charge in [0, 0.05) is 24.3 Å². The van der Waals surface area contributed by atoms with Crippen LogP contribution in [0.2, 0.25) is 0 Å². The third-order valence-electron chi connectivity index (χ3n) is 4.35. The van der Waals surface area contributed by atoms with Crippen LogP contribution in [0.5, 0.6) is 0 Å². The predicted molar refractivity (Wildman–Crippen MR) is 104 cm³/mol. The lowest BCUT2D eigenvalue weighted by Gasteiger charge is -2.31. The lowest BCUT2D eigenvalue weighted by molar-refractivity contribution is -0.128. The summed E-state index contributed by atoms with van der Waals surface area (Å²) in [6.07, 6.45) is 7.10. The topological polar surface area (TPSA) is 95.6 Å². The zero-order valence-corrected chi connectivity index (χ0v) is 16.2. The smallest absolute Gasteiger partial charge is 0.243 e. The summed E-state index contributed by atoms with van der Waals surface area (Å²) >= 11 is 0. The Labute approximate surface area is 160 Å². The van der Waals surface area contributed by atoms with Crippen molar-refractivity contribution in [1.29, 1.82) is 0 Å². The molecule has 1 heterocycles. The van der Waals surface area contributed by atoms with E-state index in [1.807, 2.05) is 6.92 Å². The molecule has 7 nitrogen and oxygen atoms in total. The summed E-state index contributed by atoms with van der Waals surface area (Å²) in [6.45, 7) is 2.24. The summed E-state index contributed by atoms with van der Waals surface area (Å²) in [5.74, 6) is 1.45. The standard InChI is InChI=1S/C19H25N3O4S/c1-3-11-27(25,26)22-10-6-8-16(14-22)19(24)20-13-18(23)21-17-9-5-7-15(4-2)12-17/h2,5,7,9,12,16H,3,6,8,10-11,13-14H2,1H3,(H,20,24)(H,21,23). The first-order valence-electron chi connectivity index (χ1n) is 8.97. The highest BCUT2D eigenvalue weighted by molar-refractivity contribution is 7.89. The van der Waals surface area contributed by atoms with E-state index in [0.29, 0.717) is 37.1 Å². The maximum atomic E-state index is 12.3. The quantitative estimate of drug-likeness (QED) is 0.682. The average molecular weight is 391 g/mol. The van der Waals surface area contributed by atoms with Gasteiger partial charge in [0.2, 0.25) is 21.8 Å². The number of carbonyl (C=O) groups excluding carboxylic acids is 2. The summed E-state index contributed by atoms with van der Waals surface area (Å²) < 4.78 is 25.8. The van der Waals surface area contributed by atoms with E-state index < -0.39 is 15.9 Å². The third kappa shape index (κ3) is 6.08. The maximum absolute atomic E-state index is 12.3. The van der Waals surface area contributed by atoms with Crippen LogP contribution >= 0.6 is 0 Å². The van der Waals surface area contributed by atoms with Gasteiger partial charge in [-0.25, -0.2) is 12.7 Å². The molecule has 8 heteroatoms. The number of hydrogen-bond donors (Lipinski definition) is 2. The molecule has 1 unspecified atom stereocenters. The Hall–Kier alpha value is -2.37. The Bertz CT molecular complexity index is 830. The zero-order valence-electron chi connectivity index (χ0n) is 15.4. The number of nitrogens with one attached hydrogen (secondary N) is 2. The van der Waals surface area contributed by atoms with E-state index in [-0.39, 0.29) is 30.7 Å². The number of amides is 2. The van der Waals surface area contributed by atoms with Crippen molar-refractivity contribution in [2.45, 2.75) is 26.2 Å². The minimum Gasteiger partial charge on any atom is -0.347 e. The fraction of sp³-hybridized carbons (Fsp3) is 0.474. The number of nitrogens with zero attached hydrogens (tertiary/aromatic N) is 1. The Morgan fingerprint density at radius 1 is 1.37 bits per heavy atom. The van der Waals surface area contributed by atoms with E-state index in [4.69, 9.17) is 6.42 Å². The van der Waals surface area contributed by atoms with E-state index >= 15 is 0 Å². The van der Waals surface area contributed by atoms with Gasteiger partial charge < -0.3 is 10.6 Å². The van der Waals surface area contributed by atoms with Crippen LogP contribution in [0.15, 0.2) is 24.3 Å². The summed E-state index contributed by atoms with van der Waals surface area (Å²) in [5, 5.41) is 5.26. The molecule has 1 aromatic rings. The van der Waals surface area contributed by atoms with Gasteiger partial charge in [-0.05, 0) is 37.5 Å². The number of benzene rings is 1. The number of piperidine rings is 1. The van der Waals surface area contributed by atoms with E-state index in [2.05, 4.69) is 16.6 Å². The van der Waals surface area contributed by atoms with E-state index in [1.165, 1.54) is 4.31 Å². The summed E-state index contributed by atoms with van der Waals surface area (Å²) in [5.41, 5.74) is 1.20. The van der Waals surface area contributed by atoms with Crippen molar-refractivity contribution in [2.75, 3.05) is 30.7 Å². The minimum absolute atomic E-state index is 0.0838. The zero-order chi connectivity index (χ0) is 19.9. The molecule has 1 aliphatic rings. The Morgan fingerprint density at radius 3 is 2.85 bits per heavy atom. The molecule has 0 saturated carbocycles. The van der Waals surface area contributed by atoms with Gasteiger partial charge in [-0.3, -0.25) is 9.59 Å². The highest BCUT2D eigenvalue weighted by atomic mass is 32.2. The average Bonchev–Trinajstić information content (AvgIpc) is 2.66. The molecule has 2 N–H and O–H groups in total. The SMILES string of the molecule is C#Cc1cccc(NC(=O)CNC(=O)C2CCCN(S(=O)(=O)CCC)C2)c1. The van der Waals surface area contributed by atoms with Crippen molar-refractivity contribution < 1.29 is 18.0 Å². The van der Waals surface area contributed by atoms with Crippen molar-refractivity contribution in [3.8, 4) is 12.3 Å². The van der Waals surface area contributed by atoms with Crippen LogP contribution in [0.4, 0.5) is 5.69 Å². The van der Waals surface area contributed by atoms with Crippen molar-refractivity contribution in [3.05, 3.63) is 29.8 Å². The third-order valence-corrected chi connectivity index (χ3v) is 6.39. The van der Waals surface area contributed by atoms with Crippen LogP contribution in [0.3, 0.4) is 0 Å². The number of anilines is 1. The molecular formula is C19H25N3O4S. The van der Waals surface area contributed by atoms with Crippen molar-refractivity contribution in [2.24, 2.45) is 5.92 Å². The summed E-state index contributed by atoms with van der Waals surface area (Å²) in [7, 11) is -3.32. The minimum atomic E-state index is -3.32. The molecule has 1 aliphatic heterocycles. The van der Waals surface area contributed by atoms with Gasteiger partial charge in [0.1, 0.15) is 0 Å². The Balaban J connectivity index is 1.85. The molecule has 0 bridgehead atoms. The summed E-state index contributed by atoms with van der Waals surface area (Å²) in [4.78, 5) is 24.4. The van der Waals surface area contributed by atoms with Gasteiger partial charge in [-0.15, -0.1) is 6.42 Å². The highest BCUT2D eigenvalue weighted by Gasteiger charge is 2.31.